The van der Waals surface area contributed by atoms with E-state index in [4.69, 9.17) is 4.74 Å². The zero-order chi connectivity index (χ0) is 18.9. The molecule has 2 aliphatic heterocycles. The smallest absolute Gasteiger partial charge is 0.274 e. The van der Waals surface area contributed by atoms with Crippen molar-refractivity contribution in [2.24, 2.45) is 13.0 Å². The number of aromatic nitrogens is 3. The SMILES string of the molecule is CN1CC[C@H](COCc2ccccn2)CC12CN(C(=O)c1cn(C)cn1)C2. The number of imidazole rings is 1. The second-order valence-corrected chi connectivity index (χ2v) is 7.93. The van der Waals surface area contributed by atoms with Crippen LogP contribution in [0.5, 0.6) is 0 Å². The first-order valence-corrected chi connectivity index (χ1v) is 9.52. The maximum absolute atomic E-state index is 12.6. The van der Waals surface area contributed by atoms with Crippen LogP contribution in [0.2, 0.25) is 0 Å². The molecule has 27 heavy (non-hydrogen) atoms. The summed E-state index contributed by atoms with van der Waals surface area (Å²) in [5.41, 5.74) is 1.58. The Labute approximate surface area is 160 Å². The Bertz CT molecular complexity index is 785. The van der Waals surface area contributed by atoms with Gasteiger partial charge in [-0.3, -0.25) is 14.7 Å². The number of likely N-dealkylation sites (N-methyl/N-ethyl adjacent to an activating group) is 1. The van der Waals surface area contributed by atoms with Crippen LogP contribution >= 0.6 is 0 Å². The lowest BCUT2D eigenvalue weighted by molar-refractivity contribution is -0.0770. The van der Waals surface area contributed by atoms with Crippen molar-refractivity contribution in [3.8, 4) is 0 Å². The summed E-state index contributed by atoms with van der Waals surface area (Å²) < 4.78 is 7.74. The van der Waals surface area contributed by atoms with Gasteiger partial charge in [0.05, 0.1) is 30.8 Å². The first-order valence-electron chi connectivity index (χ1n) is 9.52. The van der Waals surface area contributed by atoms with Crippen molar-refractivity contribution >= 4 is 5.91 Å². The van der Waals surface area contributed by atoms with E-state index < -0.39 is 0 Å². The average Bonchev–Trinajstić information content (AvgIpc) is 3.08. The van der Waals surface area contributed by atoms with Gasteiger partial charge in [-0.1, -0.05) is 6.07 Å². The van der Waals surface area contributed by atoms with Crippen LogP contribution in [-0.4, -0.2) is 69.1 Å². The number of likely N-dealkylation sites (tertiary alicyclic amines) is 2. The second-order valence-electron chi connectivity index (χ2n) is 7.93. The van der Waals surface area contributed by atoms with E-state index in [-0.39, 0.29) is 11.4 Å². The number of carbonyl (C=O) groups is 1. The van der Waals surface area contributed by atoms with Crippen molar-refractivity contribution in [3.63, 3.8) is 0 Å². The highest BCUT2D eigenvalue weighted by Crippen LogP contribution is 2.38. The van der Waals surface area contributed by atoms with Gasteiger partial charge < -0.3 is 14.2 Å². The Kier molecular flexibility index (Phi) is 4.97. The Morgan fingerprint density at radius 3 is 2.85 bits per heavy atom. The van der Waals surface area contributed by atoms with Crippen molar-refractivity contribution in [1.82, 2.24) is 24.3 Å². The molecule has 144 valence electrons. The Morgan fingerprint density at radius 1 is 1.30 bits per heavy atom. The Hall–Kier alpha value is -2.25. The second kappa shape index (κ2) is 7.40. The summed E-state index contributed by atoms with van der Waals surface area (Å²) in [7, 11) is 4.05. The van der Waals surface area contributed by atoms with E-state index in [1.54, 1.807) is 18.7 Å². The topological polar surface area (TPSA) is 63.5 Å². The number of nitrogens with zero attached hydrogens (tertiary/aromatic N) is 5. The van der Waals surface area contributed by atoms with Gasteiger partial charge in [0.2, 0.25) is 0 Å². The molecule has 7 nitrogen and oxygen atoms in total. The molecule has 1 amide bonds. The van der Waals surface area contributed by atoms with Crippen LogP contribution < -0.4 is 0 Å². The molecule has 4 rings (SSSR count). The van der Waals surface area contributed by atoms with E-state index in [0.29, 0.717) is 18.2 Å². The fourth-order valence-electron chi connectivity index (χ4n) is 4.23. The number of pyridine rings is 1. The van der Waals surface area contributed by atoms with Crippen molar-refractivity contribution in [3.05, 3.63) is 48.3 Å². The minimum Gasteiger partial charge on any atom is -0.375 e. The van der Waals surface area contributed by atoms with Crippen LogP contribution in [-0.2, 0) is 18.4 Å². The first-order chi connectivity index (χ1) is 13.1. The largest absolute Gasteiger partial charge is 0.375 e. The maximum Gasteiger partial charge on any atom is 0.274 e. The van der Waals surface area contributed by atoms with Crippen LogP contribution in [0, 0.1) is 5.92 Å². The molecule has 4 heterocycles. The highest BCUT2D eigenvalue weighted by atomic mass is 16.5. The fraction of sp³-hybridized carbons (Fsp3) is 0.550. The summed E-state index contributed by atoms with van der Waals surface area (Å²) in [4.78, 5) is 25.4. The molecule has 0 saturated carbocycles. The summed E-state index contributed by atoms with van der Waals surface area (Å²) >= 11 is 0. The monoisotopic (exact) mass is 369 g/mol. The van der Waals surface area contributed by atoms with E-state index >= 15 is 0 Å². The molecule has 1 atom stereocenters. The molecule has 0 aromatic carbocycles. The summed E-state index contributed by atoms with van der Waals surface area (Å²) in [6.45, 7) is 3.90. The normalized spacial score (nSPS) is 22.0. The van der Waals surface area contributed by atoms with E-state index in [0.717, 1.165) is 44.8 Å². The fourth-order valence-corrected chi connectivity index (χ4v) is 4.23. The number of ether oxygens (including phenoxy) is 1. The van der Waals surface area contributed by atoms with Crippen molar-refractivity contribution in [2.45, 2.75) is 25.0 Å². The van der Waals surface area contributed by atoms with Crippen molar-refractivity contribution in [2.75, 3.05) is 33.3 Å². The van der Waals surface area contributed by atoms with Crippen LogP contribution in [0.15, 0.2) is 36.9 Å². The van der Waals surface area contributed by atoms with Crippen molar-refractivity contribution in [1.29, 1.82) is 0 Å². The van der Waals surface area contributed by atoms with Gasteiger partial charge in [-0.2, -0.15) is 0 Å². The summed E-state index contributed by atoms with van der Waals surface area (Å²) in [5, 5.41) is 0. The standard InChI is InChI=1S/C20H27N5O2/c1-23-10-18(22-15-23)19(26)25-13-20(14-25)9-16(6-8-24(20)2)11-27-12-17-5-3-4-7-21-17/h3-5,7,10,15-16H,6,8-9,11-14H2,1-2H3/t16-/m0/s1. The number of amides is 1. The third-order valence-electron chi connectivity index (χ3n) is 5.86. The van der Waals surface area contributed by atoms with E-state index in [1.807, 2.05) is 34.7 Å². The summed E-state index contributed by atoms with van der Waals surface area (Å²) in [6.07, 6.45) is 7.45. The van der Waals surface area contributed by atoms with Gasteiger partial charge in [0.15, 0.2) is 0 Å². The minimum atomic E-state index is 0.0307. The molecule has 2 aliphatic rings. The van der Waals surface area contributed by atoms with Gasteiger partial charge in [0, 0.05) is 32.5 Å². The molecule has 0 unspecified atom stereocenters. The summed E-state index contributed by atoms with van der Waals surface area (Å²) in [5.74, 6) is 0.556. The molecule has 2 saturated heterocycles. The van der Waals surface area contributed by atoms with Crippen LogP contribution in [0.25, 0.3) is 0 Å². The van der Waals surface area contributed by atoms with Crippen LogP contribution in [0.1, 0.15) is 29.0 Å². The molecule has 2 aromatic rings. The number of rotatable bonds is 5. The van der Waals surface area contributed by atoms with Crippen LogP contribution in [0.3, 0.4) is 0 Å². The molecule has 0 N–H and O–H groups in total. The quantitative estimate of drug-likeness (QED) is 0.801. The molecular formula is C20H27N5O2. The zero-order valence-electron chi connectivity index (χ0n) is 16.0. The van der Waals surface area contributed by atoms with Gasteiger partial charge in [0.25, 0.3) is 5.91 Å². The molecular weight excluding hydrogens is 342 g/mol. The average molecular weight is 369 g/mol. The minimum absolute atomic E-state index is 0.0307. The zero-order valence-corrected chi connectivity index (χ0v) is 16.0. The molecule has 2 aromatic heterocycles. The molecule has 1 spiro atoms. The molecule has 7 heteroatoms. The highest BCUT2D eigenvalue weighted by Gasteiger charge is 2.51. The van der Waals surface area contributed by atoms with Gasteiger partial charge in [-0.15, -0.1) is 0 Å². The van der Waals surface area contributed by atoms with E-state index in [1.165, 1.54) is 0 Å². The van der Waals surface area contributed by atoms with Gasteiger partial charge >= 0.3 is 0 Å². The van der Waals surface area contributed by atoms with E-state index in [9.17, 15) is 4.79 Å². The number of hydrogen-bond donors (Lipinski definition) is 0. The number of aryl methyl sites for hydroxylation is 1. The Morgan fingerprint density at radius 2 is 2.15 bits per heavy atom. The van der Waals surface area contributed by atoms with Gasteiger partial charge in [-0.05, 0) is 44.5 Å². The number of piperidine rings is 1. The maximum atomic E-state index is 12.6. The lowest BCUT2D eigenvalue weighted by atomic mass is 9.75. The predicted molar refractivity (Wildman–Crippen MR) is 101 cm³/mol. The third-order valence-corrected chi connectivity index (χ3v) is 5.86. The first kappa shape index (κ1) is 18.1. The molecule has 0 aliphatic carbocycles. The number of carbonyl (C=O) groups excluding carboxylic acids is 1. The van der Waals surface area contributed by atoms with Crippen LogP contribution in [0.4, 0.5) is 0 Å². The van der Waals surface area contributed by atoms with E-state index in [2.05, 4.69) is 21.9 Å². The Balaban J connectivity index is 1.30. The third kappa shape index (κ3) is 3.75. The van der Waals surface area contributed by atoms with Crippen molar-refractivity contribution < 1.29 is 9.53 Å². The summed E-state index contributed by atoms with van der Waals surface area (Å²) in [6, 6.07) is 5.89. The lowest BCUT2D eigenvalue weighted by Crippen LogP contribution is -2.72. The van der Waals surface area contributed by atoms with Gasteiger partial charge in [-0.25, -0.2) is 4.98 Å². The van der Waals surface area contributed by atoms with Gasteiger partial charge in [0.1, 0.15) is 5.69 Å². The highest BCUT2D eigenvalue weighted by molar-refractivity contribution is 5.92. The molecule has 0 radical (unpaired) electrons. The predicted octanol–water partition coefficient (Wildman–Crippen LogP) is 1.57. The molecule has 2 fully saturated rings. The molecule has 0 bridgehead atoms. The lowest BCUT2D eigenvalue weighted by Gasteiger charge is -2.58. The number of hydrogen-bond acceptors (Lipinski definition) is 5.